The number of hydrogen-bond donors (Lipinski definition) is 0. The zero-order valence-electron chi connectivity index (χ0n) is 17.9. The molecule has 148 valence electrons. The van der Waals surface area contributed by atoms with Gasteiger partial charge in [-0.05, 0) is 30.9 Å². The average molecular weight is 369 g/mol. The highest BCUT2D eigenvalue weighted by molar-refractivity contribution is 5.64. The minimum Gasteiger partial charge on any atom is -0.205 e. The first-order valence-electron chi connectivity index (χ1n) is 11.2. The van der Waals surface area contributed by atoms with E-state index in [1.165, 1.54) is 80.9 Å². The van der Waals surface area contributed by atoms with Gasteiger partial charge in [0, 0.05) is 36.6 Å². The number of unbranched alkanes of at least 4 members (excludes halogenated alkanes) is 8. The summed E-state index contributed by atoms with van der Waals surface area (Å²) in [6.45, 7) is 9.05. The lowest BCUT2D eigenvalue weighted by molar-refractivity contribution is -0.697. The SMILES string of the molecule is CCCCCCC[n+]1ccc(-c2cc[n+](CCCCCCC)cc2C)cc1. The number of hydrogen-bond acceptors (Lipinski definition) is 0. The van der Waals surface area contributed by atoms with Crippen LogP contribution in [0.25, 0.3) is 11.1 Å². The van der Waals surface area contributed by atoms with E-state index < -0.39 is 0 Å². The summed E-state index contributed by atoms with van der Waals surface area (Å²) < 4.78 is 4.68. The molecule has 2 aromatic rings. The van der Waals surface area contributed by atoms with Crippen LogP contribution in [0.4, 0.5) is 0 Å². The number of rotatable bonds is 13. The van der Waals surface area contributed by atoms with Crippen LogP contribution >= 0.6 is 0 Å². The molecule has 0 aliphatic rings. The van der Waals surface area contributed by atoms with Crippen LogP contribution in [0.3, 0.4) is 0 Å². The van der Waals surface area contributed by atoms with Crippen molar-refractivity contribution in [2.45, 2.75) is 98.1 Å². The third kappa shape index (κ3) is 7.82. The largest absolute Gasteiger partial charge is 0.205 e. The Morgan fingerprint density at radius 2 is 1.15 bits per heavy atom. The first-order chi connectivity index (χ1) is 13.2. The maximum Gasteiger partial charge on any atom is 0.172 e. The Bertz CT molecular complexity index is 646. The smallest absolute Gasteiger partial charge is 0.172 e. The normalized spacial score (nSPS) is 11.1. The molecule has 0 saturated heterocycles. The van der Waals surface area contributed by atoms with Gasteiger partial charge >= 0.3 is 0 Å². The maximum atomic E-state index is 2.35. The van der Waals surface area contributed by atoms with Gasteiger partial charge in [0.15, 0.2) is 24.8 Å². The molecule has 0 spiro atoms. The Balaban J connectivity index is 1.86. The van der Waals surface area contributed by atoms with Gasteiger partial charge < -0.3 is 0 Å². The molecule has 0 radical (unpaired) electrons. The van der Waals surface area contributed by atoms with Crippen LogP contribution in [0.15, 0.2) is 43.0 Å². The summed E-state index contributed by atoms with van der Waals surface area (Å²) >= 11 is 0. The van der Waals surface area contributed by atoms with Gasteiger partial charge in [-0.15, -0.1) is 0 Å². The average Bonchev–Trinajstić information content (AvgIpc) is 2.68. The van der Waals surface area contributed by atoms with Crippen LogP contribution in [0, 0.1) is 6.92 Å². The van der Waals surface area contributed by atoms with Gasteiger partial charge in [-0.2, -0.15) is 0 Å². The highest BCUT2D eigenvalue weighted by atomic mass is 14.9. The molecule has 27 heavy (non-hydrogen) atoms. The molecule has 0 amide bonds. The van der Waals surface area contributed by atoms with Gasteiger partial charge in [-0.25, -0.2) is 9.13 Å². The Morgan fingerprint density at radius 1 is 0.630 bits per heavy atom. The molecule has 0 unspecified atom stereocenters. The first kappa shape index (κ1) is 21.6. The van der Waals surface area contributed by atoms with Crippen molar-refractivity contribution >= 4 is 0 Å². The summed E-state index contributed by atoms with van der Waals surface area (Å²) in [7, 11) is 0. The standard InChI is InChI=1S/C25H40N2/c1-4-6-8-10-12-17-26-19-14-24(15-20-26)25-16-21-27(22-23(25)3)18-13-11-9-7-5-2/h14-16,19-22H,4-13,17-18H2,1-3H3/q+2. The molecular formula is C25H40N2+2. The molecule has 0 aliphatic heterocycles. The Labute approximate surface area is 167 Å². The van der Waals surface area contributed by atoms with Crippen LogP contribution < -0.4 is 9.13 Å². The van der Waals surface area contributed by atoms with Gasteiger partial charge in [-0.1, -0.05) is 52.4 Å². The molecule has 2 aromatic heterocycles. The van der Waals surface area contributed by atoms with Crippen molar-refractivity contribution < 1.29 is 9.13 Å². The topological polar surface area (TPSA) is 7.76 Å². The molecule has 0 fully saturated rings. The molecule has 0 aromatic carbocycles. The van der Waals surface area contributed by atoms with E-state index in [1.54, 1.807) is 0 Å². The fourth-order valence-electron chi connectivity index (χ4n) is 3.71. The van der Waals surface area contributed by atoms with E-state index in [0.29, 0.717) is 0 Å². The van der Waals surface area contributed by atoms with Gasteiger partial charge in [0.05, 0.1) is 0 Å². The van der Waals surface area contributed by atoms with Gasteiger partial charge in [-0.3, -0.25) is 0 Å². The predicted octanol–water partition coefficient (Wildman–Crippen LogP) is 6.18. The lowest BCUT2D eigenvalue weighted by Crippen LogP contribution is -2.33. The quantitative estimate of drug-likeness (QED) is 0.295. The summed E-state index contributed by atoms with van der Waals surface area (Å²) in [6, 6.07) is 6.82. The van der Waals surface area contributed by atoms with E-state index in [9.17, 15) is 0 Å². The Morgan fingerprint density at radius 3 is 1.70 bits per heavy atom. The molecule has 0 saturated carbocycles. The number of pyridine rings is 2. The molecule has 2 nitrogen and oxygen atoms in total. The second-order valence-electron chi connectivity index (χ2n) is 7.93. The van der Waals surface area contributed by atoms with E-state index in [-0.39, 0.29) is 0 Å². The number of aromatic nitrogens is 2. The van der Waals surface area contributed by atoms with Crippen molar-refractivity contribution in [2.75, 3.05) is 0 Å². The number of aryl methyl sites for hydroxylation is 3. The highest BCUT2D eigenvalue weighted by Gasteiger charge is 2.09. The molecule has 0 atom stereocenters. The summed E-state index contributed by atoms with van der Waals surface area (Å²) in [5.41, 5.74) is 4.04. The van der Waals surface area contributed by atoms with Crippen molar-refractivity contribution in [3.8, 4) is 11.1 Å². The molecule has 2 rings (SSSR count). The molecule has 2 heteroatoms. The highest BCUT2D eigenvalue weighted by Crippen LogP contribution is 2.20. The molecule has 0 bridgehead atoms. The summed E-state index contributed by atoms with van der Waals surface area (Å²) in [4.78, 5) is 0. The fourth-order valence-corrected chi connectivity index (χ4v) is 3.71. The van der Waals surface area contributed by atoms with Crippen molar-refractivity contribution in [3.05, 3.63) is 48.5 Å². The van der Waals surface area contributed by atoms with Crippen molar-refractivity contribution in [2.24, 2.45) is 0 Å². The summed E-state index contributed by atoms with van der Waals surface area (Å²) in [5.74, 6) is 0. The zero-order valence-corrected chi connectivity index (χ0v) is 17.9. The number of nitrogens with zero attached hydrogens (tertiary/aromatic N) is 2. The minimum absolute atomic E-state index is 1.13. The van der Waals surface area contributed by atoms with Gasteiger partial charge in [0.2, 0.25) is 0 Å². The third-order valence-corrected chi connectivity index (χ3v) is 5.46. The maximum absolute atomic E-state index is 2.35. The van der Waals surface area contributed by atoms with E-state index >= 15 is 0 Å². The second-order valence-corrected chi connectivity index (χ2v) is 7.93. The van der Waals surface area contributed by atoms with Crippen LogP contribution in [-0.4, -0.2) is 0 Å². The van der Waals surface area contributed by atoms with Crippen LogP contribution in [0.2, 0.25) is 0 Å². The lowest BCUT2D eigenvalue weighted by Gasteiger charge is -2.05. The van der Waals surface area contributed by atoms with Gasteiger partial charge in [0.1, 0.15) is 13.1 Å². The van der Waals surface area contributed by atoms with Crippen LogP contribution in [0.5, 0.6) is 0 Å². The van der Waals surface area contributed by atoms with E-state index in [1.807, 2.05) is 0 Å². The lowest BCUT2D eigenvalue weighted by atomic mass is 10.0. The minimum atomic E-state index is 1.13. The second kappa shape index (κ2) is 12.6. The zero-order chi connectivity index (χ0) is 19.3. The van der Waals surface area contributed by atoms with E-state index in [0.717, 1.165) is 13.1 Å². The van der Waals surface area contributed by atoms with Gasteiger partial charge in [0.25, 0.3) is 0 Å². The fraction of sp³-hybridized carbons (Fsp3) is 0.600. The molecular weight excluding hydrogens is 328 g/mol. The Hall–Kier alpha value is -1.70. The van der Waals surface area contributed by atoms with Crippen molar-refractivity contribution in [1.29, 1.82) is 0 Å². The summed E-state index contributed by atoms with van der Waals surface area (Å²) in [6.07, 6.45) is 22.4. The van der Waals surface area contributed by atoms with E-state index in [2.05, 4.69) is 72.9 Å². The predicted molar refractivity (Wildman–Crippen MR) is 115 cm³/mol. The molecule has 2 heterocycles. The summed E-state index contributed by atoms with van der Waals surface area (Å²) in [5, 5.41) is 0. The van der Waals surface area contributed by atoms with Crippen molar-refractivity contribution in [1.82, 2.24) is 0 Å². The molecule has 0 aliphatic carbocycles. The van der Waals surface area contributed by atoms with Crippen LogP contribution in [0.1, 0.15) is 83.6 Å². The first-order valence-corrected chi connectivity index (χ1v) is 11.2. The molecule has 0 N–H and O–H groups in total. The van der Waals surface area contributed by atoms with Crippen LogP contribution in [-0.2, 0) is 13.1 Å². The van der Waals surface area contributed by atoms with E-state index in [4.69, 9.17) is 0 Å². The third-order valence-electron chi connectivity index (χ3n) is 5.46. The Kier molecular flexibility index (Phi) is 10.1. The monoisotopic (exact) mass is 368 g/mol. The van der Waals surface area contributed by atoms with Crippen molar-refractivity contribution in [3.63, 3.8) is 0 Å².